The lowest BCUT2D eigenvalue weighted by Crippen LogP contribution is -2.54. The van der Waals surface area contributed by atoms with E-state index in [0.29, 0.717) is 30.7 Å². The molecule has 4 aliphatic rings. The molecule has 1 aromatic rings. The number of fused-ring (bicyclic) bond motifs is 2. The summed E-state index contributed by atoms with van der Waals surface area (Å²) in [4.78, 5) is 26.6. The maximum Gasteiger partial charge on any atom is 0.344 e. The van der Waals surface area contributed by atoms with Crippen molar-refractivity contribution in [3.05, 3.63) is 52.6 Å². The van der Waals surface area contributed by atoms with Crippen LogP contribution in [0.15, 0.2) is 35.9 Å². The monoisotopic (exact) mass is 536 g/mol. The van der Waals surface area contributed by atoms with E-state index < -0.39 is 23.8 Å². The van der Waals surface area contributed by atoms with Gasteiger partial charge in [0.05, 0.1) is 28.9 Å². The number of esters is 2. The molecule has 4 heterocycles. The molecule has 4 aliphatic heterocycles. The van der Waals surface area contributed by atoms with Gasteiger partial charge in [0.15, 0.2) is 17.3 Å². The van der Waals surface area contributed by atoms with Crippen LogP contribution in [0.5, 0.6) is 11.5 Å². The number of benzene rings is 1. The highest BCUT2D eigenvalue weighted by molar-refractivity contribution is 6.24. The van der Waals surface area contributed by atoms with Crippen LogP contribution in [0.25, 0.3) is 5.57 Å². The quantitative estimate of drug-likeness (QED) is 0.247. The van der Waals surface area contributed by atoms with Crippen LogP contribution in [0.1, 0.15) is 94.1 Å². The Kier molecular flexibility index (Phi) is 7.75. The van der Waals surface area contributed by atoms with E-state index in [1.54, 1.807) is 19.1 Å². The summed E-state index contributed by atoms with van der Waals surface area (Å²) in [6, 6.07) is 1.58. The maximum absolute atomic E-state index is 13.7. The first-order valence-corrected chi connectivity index (χ1v) is 14.3. The van der Waals surface area contributed by atoms with Crippen molar-refractivity contribution in [2.75, 3.05) is 0 Å². The summed E-state index contributed by atoms with van der Waals surface area (Å²) in [5, 5.41) is 10.7. The molecular weight excluding hydrogens is 496 g/mol. The van der Waals surface area contributed by atoms with Gasteiger partial charge < -0.3 is 24.1 Å². The van der Waals surface area contributed by atoms with Gasteiger partial charge in [-0.05, 0) is 69.1 Å². The van der Waals surface area contributed by atoms with Crippen molar-refractivity contribution in [1.82, 2.24) is 0 Å². The lowest BCUT2D eigenvalue weighted by molar-refractivity contribution is -0.334. The second kappa shape index (κ2) is 10.9. The summed E-state index contributed by atoms with van der Waals surface area (Å²) in [6.45, 7) is 10.3. The summed E-state index contributed by atoms with van der Waals surface area (Å²) >= 11 is 0. The molecule has 2 saturated heterocycles. The molecule has 1 aromatic carbocycles. The van der Waals surface area contributed by atoms with Crippen LogP contribution in [0.4, 0.5) is 0 Å². The molecule has 7 nitrogen and oxygen atoms in total. The third kappa shape index (κ3) is 5.57. The Hall–Kier alpha value is -2.90. The molecular formula is C32H40O7. The zero-order valence-corrected chi connectivity index (χ0v) is 23.6. The topological polar surface area (TPSA) is 91.3 Å². The summed E-state index contributed by atoms with van der Waals surface area (Å²) in [6.07, 6.45) is 12.5. The van der Waals surface area contributed by atoms with E-state index in [-0.39, 0.29) is 46.3 Å². The SMILES string of the molecule is CC[C@H]1O[C@]2(CC[C@@H]1C)C[C@@H]1C[C@@H](CC=C(C)C[C@@H](C)C=CC=C3C(=O)Oc4c(O)c(C)cc(c43)C(=O)O1)O2. The highest BCUT2D eigenvalue weighted by Crippen LogP contribution is 2.47. The number of carbonyl (C=O) groups is 2. The number of carbonyl (C=O) groups excluding carboxylic acids is 2. The highest BCUT2D eigenvalue weighted by Gasteiger charge is 2.48. The van der Waals surface area contributed by atoms with E-state index in [2.05, 4.69) is 33.8 Å². The van der Waals surface area contributed by atoms with Crippen LogP contribution >= 0.6 is 0 Å². The molecule has 0 aliphatic carbocycles. The van der Waals surface area contributed by atoms with Gasteiger partial charge in [-0.1, -0.05) is 44.6 Å². The van der Waals surface area contributed by atoms with Gasteiger partial charge >= 0.3 is 11.9 Å². The molecule has 0 unspecified atom stereocenters. The van der Waals surface area contributed by atoms with Gasteiger partial charge in [0, 0.05) is 19.3 Å². The van der Waals surface area contributed by atoms with E-state index in [0.717, 1.165) is 25.7 Å². The average molecular weight is 537 g/mol. The standard InChI is InChI=1S/C32H40O7/c1-6-26-20(4)12-13-32(39-26)17-23-16-22(38-32)11-10-19(3)14-18(2)8-7-9-24-27-25(31(35)36-23)15-21(5)28(33)29(27)37-30(24)34/h7-10,15,18,20,22-23,26,33H,6,11-14,16-17H2,1-5H3/t18-,20-,22+,23-,26+,32+/m0/s1. The first-order valence-electron chi connectivity index (χ1n) is 14.3. The first-order chi connectivity index (χ1) is 18.6. The molecule has 210 valence electrons. The van der Waals surface area contributed by atoms with E-state index in [9.17, 15) is 14.7 Å². The Bertz CT molecular complexity index is 1240. The minimum atomic E-state index is -0.790. The number of hydrogen-bond acceptors (Lipinski definition) is 7. The average Bonchev–Trinajstić information content (AvgIpc) is 3.22. The number of phenols is 1. The minimum Gasteiger partial charge on any atom is -0.504 e. The Morgan fingerprint density at radius 3 is 2.67 bits per heavy atom. The molecule has 6 atom stereocenters. The molecule has 7 heteroatoms. The fourth-order valence-corrected chi connectivity index (χ4v) is 6.42. The second-order valence-corrected chi connectivity index (χ2v) is 11.8. The Morgan fingerprint density at radius 1 is 1.10 bits per heavy atom. The van der Waals surface area contributed by atoms with Crippen LogP contribution in [-0.2, 0) is 19.0 Å². The van der Waals surface area contributed by atoms with Crippen molar-refractivity contribution in [2.45, 2.75) is 104 Å². The molecule has 0 amide bonds. The number of rotatable bonds is 1. The van der Waals surface area contributed by atoms with Gasteiger partial charge in [-0.15, -0.1) is 0 Å². The number of hydrogen-bond donors (Lipinski definition) is 1. The smallest absolute Gasteiger partial charge is 0.344 e. The summed E-state index contributed by atoms with van der Waals surface area (Å²) in [5.41, 5.74) is 2.41. The maximum atomic E-state index is 13.7. The van der Waals surface area contributed by atoms with Crippen molar-refractivity contribution in [1.29, 1.82) is 0 Å². The van der Waals surface area contributed by atoms with Crippen LogP contribution in [0.2, 0.25) is 0 Å². The van der Waals surface area contributed by atoms with E-state index >= 15 is 0 Å². The molecule has 1 N–H and O–H groups in total. The lowest BCUT2D eigenvalue weighted by Gasteiger charge is -2.49. The predicted octanol–water partition coefficient (Wildman–Crippen LogP) is 6.56. The molecule has 39 heavy (non-hydrogen) atoms. The summed E-state index contributed by atoms with van der Waals surface area (Å²) in [7, 11) is 0. The zero-order chi connectivity index (χ0) is 27.9. The number of aryl methyl sites for hydroxylation is 1. The third-order valence-electron chi connectivity index (χ3n) is 8.53. The number of allylic oxidation sites excluding steroid dienone is 4. The highest BCUT2D eigenvalue weighted by atomic mass is 16.7. The van der Waals surface area contributed by atoms with Crippen molar-refractivity contribution >= 4 is 17.5 Å². The number of aromatic hydroxyl groups is 1. The third-order valence-corrected chi connectivity index (χ3v) is 8.53. The van der Waals surface area contributed by atoms with Crippen molar-refractivity contribution in [3.63, 3.8) is 0 Å². The molecule has 0 saturated carbocycles. The predicted molar refractivity (Wildman–Crippen MR) is 147 cm³/mol. The van der Waals surface area contributed by atoms with E-state index in [4.69, 9.17) is 18.9 Å². The van der Waals surface area contributed by atoms with E-state index in [1.165, 1.54) is 5.57 Å². The van der Waals surface area contributed by atoms with Gasteiger partial charge in [-0.25, -0.2) is 9.59 Å². The Labute approximate surface area is 230 Å². The summed E-state index contributed by atoms with van der Waals surface area (Å²) in [5.74, 6) is -1.40. The van der Waals surface area contributed by atoms with Gasteiger partial charge in [-0.3, -0.25) is 0 Å². The Balaban J connectivity index is 1.56. The Morgan fingerprint density at radius 2 is 1.90 bits per heavy atom. The van der Waals surface area contributed by atoms with Crippen molar-refractivity contribution in [2.24, 2.45) is 11.8 Å². The van der Waals surface area contributed by atoms with Crippen LogP contribution < -0.4 is 4.74 Å². The molecule has 0 aromatic heterocycles. The van der Waals surface area contributed by atoms with Crippen molar-refractivity contribution in [3.8, 4) is 11.5 Å². The van der Waals surface area contributed by atoms with Crippen LogP contribution in [0.3, 0.4) is 0 Å². The first kappa shape index (κ1) is 27.7. The van der Waals surface area contributed by atoms with E-state index in [1.807, 2.05) is 12.2 Å². The van der Waals surface area contributed by atoms with Crippen LogP contribution in [-0.4, -0.2) is 41.1 Å². The van der Waals surface area contributed by atoms with Crippen molar-refractivity contribution < 1.29 is 33.6 Å². The normalized spacial score (nSPS) is 33.2. The molecule has 0 radical (unpaired) electrons. The van der Waals surface area contributed by atoms with Gasteiger partial charge in [-0.2, -0.15) is 0 Å². The molecule has 2 fully saturated rings. The largest absolute Gasteiger partial charge is 0.504 e. The minimum absolute atomic E-state index is 0.0104. The van der Waals surface area contributed by atoms with Gasteiger partial charge in [0.1, 0.15) is 6.10 Å². The fraction of sp³-hybridized carbons (Fsp3) is 0.562. The molecule has 1 spiro atoms. The summed E-state index contributed by atoms with van der Waals surface area (Å²) < 4.78 is 24.9. The zero-order valence-electron chi connectivity index (χ0n) is 23.6. The lowest BCUT2D eigenvalue weighted by atomic mass is 9.85. The number of ether oxygens (including phenoxy) is 4. The van der Waals surface area contributed by atoms with Gasteiger partial charge in [0.2, 0.25) is 0 Å². The number of phenolic OH excluding ortho intramolecular Hbond substituents is 1. The molecule has 5 rings (SSSR count). The fourth-order valence-electron chi connectivity index (χ4n) is 6.42. The second-order valence-electron chi connectivity index (χ2n) is 11.8. The van der Waals surface area contributed by atoms with Crippen LogP contribution in [0, 0.1) is 18.8 Å². The molecule has 2 bridgehead atoms. The van der Waals surface area contributed by atoms with Gasteiger partial charge in [0.25, 0.3) is 0 Å².